The minimum atomic E-state index is -3.58. The SMILES string of the molecule is CC1CCCN(S(=O)(=O)N(Cc2ccccc2)CC(C)(C)O)C1. The van der Waals surface area contributed by atoms with E-state index in [1.807, 2.05) is 30.3 Å². The molecule has 0 radical (unpaired) electrons. The zero-order chi connectivity index (χ0) is 17.1. The second-order valence-corrected chi connectivity index (χ2v) is 9.11. The van der Waals surface area contributed by atoms with Crippen LogP contribution in [0.15, 0.2) is 30.3 Å². The third kappa shape index (κ3) is 5.28. The second-order valence-electron chi connectivity index (χ2n) is 7.18. The van der Waals surface area contributed by atoms with Gasteiger partial charge in [0.25, 0.3) is 10.2 Å². The lowest BCUT2D eigenvalue weighted by Crippen LogP contribution is -2.51. The molecule has 2 rings (SSSR count). The first-order valence-corrected chi connectivity index (χ1v) is 9.60. The van der Waals surface area contributed by atoms with Gasteiger partial charge in [-0.1, -0.05) is 37.3 Å². The number of aliphatic hydroxyl groups is 1. The van der Waals surface area contributed by atoms with Gasteiger partial charge in [0.2, 0.25) is 0 Å². The van der Waals surface area contributed by atoms with E-state index in [4.69, 9.17) is 0 Å². The van der Waals surface area contributed by atoms with Gasteiger partial charge in [0, 0.05) is 26.2 Å². The van der Waals surface area contributed by atoms with Crippen LogP contribution >= 0.6 is 0 Å². The summed E-state index contributed by atoms with van der Waals surface area (Å²) in [6.07, 6.45) is 1.96. The molecule has 1 aromatic carbocycles. The fraction of sp³-hybridized carbons (Fsp3) is 0.647. The van der Waals surface area contributed by atoms with Gasteiger partial charge < -0.3 is 5.11 Å². The van der Waals surface area contributed by atoms with Gasteiger partial charge in [-0.2, -0.15) is 17.0 Å². The van der Waals surface area contributed by atoms with Gasteiger partial charge in [0.15, 0.2) is 0 Å². The van der Waals surface area contributed by atoms with Crippen LogP contribution in [0.3, 0.4) is 0 Å². The van der Waals surface area contributed by atoms with Crippen molar-refractivity contribution >= 4 is 10.2 Å². The Morgan fingerprint density at radius 2 is 1.96 bits per heavy atom. The maximum Gasteiger partial charge on any atom is 0.282 e. The summed E-state index contributed by atoms with van der Waals surface area (Å²) >= 11 is 0. The van der Waals surface area contributed by atoms with Crippen molar-refractivity contribution in [1.29, 1.82) is 0 Å². The molecule has 1 atom stereocenters. The van der Waals surface area contributed by atoms with Crippen LogP contribution in [0.1, 0.15) is 39.2 Å². The Morgan fingerprint density at radius 3 is 2.52 bits per heavy atom. The maximum absolute atomic E-state index is 13.1. The minimum Gasteiger partial charge on any atom is -0.389 e. The fourth-order valence-corrected chi connectivity index (χ4v) is 4.88. The molecule has 1 saturated heterocycles. The Labute approximate surface area is 140 Å². The summed E-state index contributed by atoms with van der Waals surface area (Å²) in [7, 11) is -3.58. The van der Waals surface area contributed by atoms with Gasteiger partial charge in [-0.15, -0.1) is 0 Å². The Hall–Kier alpha value is -0.950. The highest BCUT2D eigenvalue weighted by Crippen LogP contribution is 2.23. The smallest absolute Gasteiger partial charge is 0.282 e. The van der Waals surface area contributed by atoms with E-state index in [9.17, 15) is 13.5 Å². The molecular weight excluding hydrogens is 312 g/mol. The monoisotopic (exact) mass is 340 g/mol. The van der Waals surface area contributed by atoms with Crippen LogP contribution in [-0.2, 0) is 16.8 Å². The predicted molar refractivity (Wildman–Crippen MR) is 92.0 cm³/mol. The molecule has 130 valence electrons. The molecule has 0 amide bonds. The first kappa shape index (κ1) is 18.4. The highest BCUT2D eigenvalue weighted by atomic mass is 32.2. The van der Waals surface area contributed by atoms with Crippen LogP contribution in [0.4, 0.5) is 0 Å². The van der Waals surface area contributed by atoms with Crippen LogP contribution in [0, 0.1) is 5.92 Å². The lowest BCUT2D eigenvalue weighted by Gasteiger charge is -2.36. The van der Waals surface area contributed by atoms with E-state index in [1.165, 1.54) is 4.31 Å². The normalized spacial score (nSPS) is 20.8. The van der Waals surface area contributed by atoms with Crippen molar-refractivity contribution in [2.45, 2.75) is 45.8 Å². The van der Waals surface area contributed by atoms with E-state index >= 15 is 0 Å². The van der Waals surface area contributed by atoms with Crippen molar-refractivity contribution in [2.75, 3.05) is 19.6 Å². The molecule has 1 aliphatic rings. The van der Waals surface area contributed by atoms with Gasteiger partial charge in [-0.05, 0) is 38.2 Å². The highest BCUT2D eigenvalue weighted by Gasteiger charge is 2.35. The predicted octanol–water partition coefficient (Wildman–Crippen LogP) is 2.24. The summed E-state index contributed by atoms with van der Waals surface area (Å²) in [5.41, 5.74) is -0.158. The van der Waals surface area contributed by atoms with Gasteiger partial charge in [0.05, 0.1) is 5.60 Å². The Balaban J connectivity index is 2.24. The Morgan fingerprint density at radius 1 is 1.30 bits per heavy atom. The molecule has 23 heavy (non-hydrogen) atoms. The van der Waals surface area contributed by atoms with Crippen molar-refractivity contribution in [3.05, 3.63) is 35.9 Å². The van der Waals surface area contributed by atoms with Gasteiger partial charge >= 0.3 is 0 Å². The fourth-order valence-electron chi connectivity index (χ4n) is 2.96. The molecule has 1 heterocycles. The lowest BCUT2D eigenvalue weighted by molar-refractivity contribution is 0.0554. The van der Waals surface area contributed by atoms with Crippen molar-refractivity contribution in [3.63, 3.8) is 0 Å². The van der Waals surface area contributed by atoms with Crippen molar-refractivity contribution in [2.24, 2.45) is 5.92 Å². The molecular formula is C17H28N2O3S. The van der Waals surface area contributed by atoms with E-state index in [2.05, 4.69) is 6.92 Å². The van der Waals surface area contributed by atoms with Crippen LogP contribution in [-0.4, -0.2) is 47.4 Å². The summed E-state index contributed by atoms with van der Waals surface area (Å²) in [5, 5.41) is 10.2. The number of piperidine rings is 1. The minimum absolute atomic E-state index is 0.0785. The van der Waals surface area contributed by atoms with Crippen molar-refractivity contribution in [3.8, 4) is 0 Å². The summed E-state index contributed by atoms with van der Waals surface area (Å²) in [5.74, 6) is 0.374. The molecule has 1 fully saturated rings. The molecule has 0 aliphatic carbocycles. The van der Waals surface area contributed by atoms with E-state index in [1.54, 1.807) is 18.2 Å². The van der Waals surface area contributed by atoms with Gasteiger partial charge in [-0.3, -0.25) is 0 Å². The maximum atomic E-state index is 13.1. The number of hydrogen-bond donors (Lipinski definition) is 1. The van der Waals surface area contributed by atoms with Gasteiger partial charge in [0.1, 0.15) is 0 Å². The van der Waals surface area contributed by atoms with E-state index in [0.717, 1.165) is 18.4 Å². The molecule has 1 aliphatic heterocycles. The molecule has 1 unspecified atom stereocenters. The van der Waals surface area contributed by atoms with Crippen LogP contribution in [0.5, 0.6) is 0 Å². The molecule has 0 aromatic heterocycles. The van der Waals surface area contributed by atoms with Crippen molar-refractivity contribution < 1.29 is 13.5 Å². The Bertz CT molecular complexity index is 596. The van der Waals surface area contributed by atoms with E-state index < -0.39 is 15.8 Å². The molecule has 0 spiro atoms. The topological polar surface area (TPSA) is 60.9 Å². The molecule has 0 saturated carbocycles. The van der Waals surface area contributed by atoms with Crippen LogP contribution in [0.2, 0.25) is 0 Å². The van der Waals surface area contributed by atoms with Crippen LogP contribution < -0.4 is 0 Å². The second kappa shape index (κ2) is 7.30. The molecule has 1 N–H and O–H groups in total. The number of rotatable bonds is 6. The standard InChI is InChI=1S/C17H28N2O3S/c1-15-8-7-11-18(12-15)23(21,22)19(14-17(2,3)20)13-16-9-5-4-6-10-16/h4-6,9-10,15,20H,7-8,11-14H2,1-3H3. The summed E-state index contributed by atoms with van der Waals surface area (Å²) in [4.78, 5) is 0. The van der Waals surface area contributed by atoms with E-state index in [0.29, 0.717) is 19.0 Å². The lowest BCUT2D eigenvalue weighted by atomic mass is 10.0. The van der Waals surface area contributed by atoms with Crippen molar-refractivity contribution in [1.82, 2.24) is 8.61 Å². The third-order valence-corrected chi connectivity index (χ3v) is 5.93. The summed E-state index contributed by atoms with van der Waals surface area (Å²) in [6.45, 7) is 6.83. The quantitative estimate of drug-likeness (QED) is 0.864. The average molecular weight is 340 g/mol. The first-order valence-electron chi connectivity index (χ1n) is 8.20. The van der Waals surface area contributed by atoms with Gasteiger partial charge in [-0.25, -0.2) is 0 Å². The average Bonchev–Trinajstić information content (AvgIpc) is 2.46. The third-order valence-electron chi connectivity index (χ3n) is 4.04. The summed E-state index contributed by atoms with van der Waals surface area (Å²) in [6, 6.07) is 9.52. The molecule has 1 aromatic rings. The number of hydrogen-bond acceptors (Lipinski definition) is 3. The zero-order valence-electron chi connectivity index (χ0n) is 14.3. The first-order chi connectivity index (χ1) is 10.7. The zero-order valence-corrected chi connectivity index (χ0v) is 15.1. The molecule has 0 bridgehead atoms. The highest BCUT2D eigenvalue weighted by molar-refractivity contribution is 7.86. The number of benzene rings is 1. The van der Waals surface area contributed by atoms with Crippen LogP contribution in [0.25, 0.3) is 0 Å². The largest absolute Gasteiger partial charge is 0.389 e. The molecule has 6 heteroatoms. The van der Waals surface area contributed by atoms with E-state index in [-0.39, 0.29) is 13.1 Å². The number of nitrogens with zero attached hydrogens (tertiary/aromatic N) is 2. The Kier molecular flexibility index (Phi) is 5.84. The molecule has 5 nitrogen and oxygen atoms in total. The summed E-state index contributed by atoms with van der Waals surface area (Å²) < 4.78 is 29.1.